The van der Waals surface area contributed by atoms with E-state index in [9.17, 15) is 0 Å². The largest absolute Gasteiger partial charge is 0.289 e. The van der Waals surface area contributed by atoms with Crippen LogP contribution < -0.4 is 0 Å². The van der Waals surface area contributed by atoms with Crippen molar-refractivity contribution in [3.8, 4) is 89.0 Å². The molecular formula is C124H72N16. The number of rotatable bonds is 0. The molecule has 16 aromatic heterocycles. The Labute approximate surface area is 796 Å². The van der Waals surface area contributed by atoms with Crippen LogP contribution in [0.4, 0.5) is 0 Å². The van der Waals surface area contributed by atoms with Crippen LogP contribution in [-0.2, 0) is 51.4 Å². The Hall–Kier alpha value is -18.3. The minimum absolute atomic E-state index is 0.893. The monoisotopic (exact) mass is 1780 g/mol. The fraction of sp³-hybridized carbons (Fsp3) is 0.0645. The van der Waals surface area contributed by atoms with Gasteiger partial charge in [-0.1, -0.05) is 170 Å². The molecule has 8 aliphatic rings. The van der Waals surface area contributed by atoms with Gasteiger partial charge in [-0.15, -0.1) is 0 Å². The third kappa shape index (κ3) is 10.1. The maximum Gasteiger partial charge on any atom is 0.165 e. The van der Waals surface area contributed by atoms with E-state index in [2.05, 4.69) is 269 Å². The molecule has 0 atom stereocenters. The molecule has 0 fully saturated rings. The predicted octanol–water partition coefficient (Wildman–Crippen LogP) is 26.9. The van der Waals surface area contributed by atoms with E-state index in [1.54, 1.807) is 0 Å². The minimum Gasteiger partial charge on any atom is -0.289 e. The lowest BCUT2D eigenvalue weighted by Crippen LogP contribution is -1.95. The third-order valence-corrected chi connectivity index (χ3v) is 31.7. The van der Waals surface area contributed by atoms with E-state index < -0.39 is 0 Å². The molecule has 648 valence electrons. The van der Waals surface area contributed by atoms with Crippen molar-refractivity contribution in [1.29, 1.82) is 0 Å². The van der Waals surface area contributed by atoms with Crippen molar-refractivity contribution in [3.63, 3.8) is 0 Å². The number of hydrogen-bond acceptors (Lipinski definition) is 12. The lowest BCUT2D eigenvalue weighted by Gasteiger charge is -2.11. The molecule has 0 saturated carbocycles. The number of nitrogens with zero attached hydrogens (tertiary/aromatic N) is 16. The summed E-state index contributed by atoms with van der Waals surface area (Å²) in [4.78, 5) is 57.9. The average molecular weight is 1790 g/mol. The molecule has 16 heteroatoms. The molecule has 16 heterocycles. The van der Waals surface area contributed by atoms with Crippen LogP contribution in [0.15, 0.2) is 341 Å². The Morgan fingerprint density at radius 2 is 0.464 bits per heavy atom. The number of pyridine rings is 12. The zero-order valence-corrected chi connectivity index (χ0v) is 75.1. The predicted molar refractivity (Wildman–Crippen MR) is 559 cm³/mol. The first-order chi connectivity index (χ1) is 69.5. The van der Waals surface area contributed by atoms with Gasteiger partial charge in [0.1, 0.15) is 33.5 Å². The second-order valence-electron chi connectivity index (χ2n) is 38.6. The molecule has 140 heavy (non-hydrogen) atoms. The molecule has 0 bridgehead atoms. The smallest absolute Gasteiger partial charge is 0.165 e. The summed E-state index contributed by atoms with van der Waals surface area (Å²) in [5.41, 5.74) is 67.1. The zero-order chi connectivity index (χ0) is 90.7. The molecular weight excluding hydrogens is 1710 g/mol. The molecule has 0 aliphatic heterocycles. The van der Waals surface area contributed by atoms with Crippen LogP contribution in [0.5, 0.6) is 0 Å². The lowest BCUT2D eigenvalue weighted by molar-refractivity contribution is 1.23. The topological polar surface area (TPSA) is 172 Å². The fourth-order valence-electron chi connectivity index (χ4n) is 26.1. The van der Waals surface area contributed by atoms with Gasteiger partial charge in [0.15, 0.2) is 5.65 Å². The number of imidazole rings is 4. The molecule has 0 N–H and O–H groups in total. The van der Waals surface area contributed by atoms with Gasteiger partial charge in [-0.25, -0.2) is 19.9 Å². The Morgan fingerprint density at radius 1 is 0.171 bits per heavy atom. The van der Waals surface area contributed by atoms with Crippen molar-refractivity contribution in [3.05, 3.63) is 430 Å². The summed E-state index contributed by atoms with van der Waals surface area (Å²) in [5.74, 6) is 0. The number of benzene rings is 12. The van der Waals surface area contributed by atoms with Crippen LogP contribution in [0.2, 0.25) is 0 Å². The maximum atomic E-state index is 5.16. The second kappa shape index (κ2) is 27.7. The van der Waals surface area contributed by atoms with Crippen molar-refractivity contribution in [2.45, 2.75) is 51.4 Å². The molecule has 0 unspecified atom stereocenters. The first-order valence-electron chi connectivity index (χ1n) is 48.2. The van der Waals surface area contributed by atoms with E-state index >= 15 is 0 Å². The standard InChI is InChI=1S/4C31H18N4/c1-2-6-20-17(5-1)15-18-9-11-21-23(26(18)20)16-19-10-12-24-30(27(19)21)35-25-8-4-14-33-29(25)28-22(31(35)34-24)7-3-13-32-28;1-2-6-20-17(5-1)15-18-9-11-21-23(26(18)20)16-19-10-12-24-30(27(19)21)35-25-8-4-14-32-28(25)22-7-3-13-33-29(22)31(35)34-24;1-2-5-20-17(4-1)14-18-7-9-21-23(27(18)20)15-19-8-10-25-30(28(19)21)35-26-6-3-12-33-29(26)24-16-32-13-11-22(24)31(35)34-25;1-2-5-20-17(4-1)14-18-7-9-21-23(27(18)20)15-19-8-10-25-30(28(19)21)35-26-6-3-12-33-29(26)22-11-13-32-16-24(22)31(35)34-25/h2*1-14H,15-16H2;2*1-13,16H,14-15H2. The van der Waals surface area contributed by atoms with Crippen LogP contribution in [0.25, 0.3) is 243 Å². The van der Waals surface area contributed by atoms with Crippen molar-refractivity contribution >= 4 is 154 Å². The summed E-state index contributed by atoms with van der Waals surface area (Å²) in [6.07, 6.45) is 26.5. The normalized spacial score (nSPS) is 13.5. The van der Waals surface area contributed by atoms with Crippen molar-refractivity contribution < 1.29 is 0 Å². The molecule has 0 radical (unpaired) electrons. The van der Waals surface area contributed by atoms with Gasteiger partial charge >= 0.3 is 0 Å². The van der Waals surface area contributed by atoms with Gasteiger partial charge in [0.05, 0.1) is 82.8 Å². The molecule has 12 aromatic carbocycles. The van der Waals surface area contributed by atoms with Gasteiger partial charge in [0.2, 0.25) is 0 Å². The van der Waals surface area contributed by atoms with Crippen LogP contribution >= 0.6 is 0 Å². The summed E-state index contributed by atoms with van der Waals surface area (Å²) in [5, 5.41) is 6.31. The molecule has 16 nitrogen and oxygen atoms in total. The summed E-state index contributed by atoms with van der Waals surface area (Å²) in [6, 6.07) is 101. The van der Waals surface area contributed by atoms with Gasteiger partial charge in [-0.3, -0.25) is 57.5 Å². The maximum absolute atomic E-state index is 5.16. The average Bonchev–Trinajstić information content (AvgIpc) is 1.55. The van der Waals surface area contributed by atoms with Crippen LogP contribution in [0.3, 0.4) is 0 Å². The van der Waals surface area contributed by atoms with Crippen LogP contribution in [-0.4, -0.2) is 77.4 Å². The molecule has 0 saturated heterocycles. The number of fused-ring (bicyclic) bond motifs is 64. The van der Waals surface area contributed by atoms with E-state index in [4.69, 9.17) is 44.9 Å². The number of aromatic nitrogens is 16. The van der Waals surface area contributed by atoms with E-state index in [1.807, 2.05) is 104 Å². The summed E-state index contributed by atoms with van der Waals surface area (Å²) in [6.45, 7) is 0. The van der Waals surface area contributed by atoms with E-state index in [0.717, 1.165) is 189 Å². The summed E-state index contributed by atoms with van der Waals surface area (Å²) >= 11 is 0. The first kappa shape index (κ1) is 75.1. The number of hydrogen-bond donors (Lipinski definition) is 0. The van der Waals surface area contributed by atoms with Gasteiger partial charge < -0.3 is 0 Å². The fourth-order valence-corrected chi connectivity index (χ4v) is 26.1. The van der Waals surface area contributed by atoms with Gasteiger partial charge in [-0.05, 0) is 316 Å². The highest BCUT2D eigenvalue weighted by molar-refractivity contribution is 6.19. The van der Waals surface area contributed by atoms with Gasteiger partial charge in [0.25, 0.3) is 0 Å². The van der Waals surface area contributed by atoms with Gasteiger partial charge in [0, 0.05) is 117 Å². The quantitative estimate of drug-likeness (QED) is 0.132. The zero-order valence-electron chi connectivity index (χ0n) is 75.1. The van der Waals surface area contributed by atoms with E-state index in [0.29, 0.717) is 0 Å². The molecule has 8 aliphatic carbocycles. The third-order valence-electron chi connectivity index (χ3n) is 31.7. The first-order valence-corrected chi connectivity index (χ1v) is 48.2. The summed E-state index contributed by atoms with van der Waals surface area (Å²) < 4.78 is 9.25. The minimum atomic E-state index is 0.893. The molecule has 36 rings (SSSR count). The SMILES string of the molecule is c1ccc2c(c1)Cc1ccc3c(c1-2)Cc1ccc2nc4c5cccnc5c5ncccc5n4c2c1-3.c1ccc2c(c1)Cc1ccc3c(c1-2)Cc1ccc2nc4c5ccncc5c5ncccc5n4c2c1-3.c1ccc2c(c1)Cc1ccc3c(c1-2)Cc1ccc2nc4c5cnccc5c5ncccc5n4c2c1-3.c1ccc2c(c1)Cc1ccc3c(c1-2)Cc1ccc2nc4c5ncccc5c5ncccc5n4c2c1-3. The highest BCUT2D eigenvalue weighted by Gasteiger charge is 2.38. The summed E-state index contributed by atoms with van der Waals surface area (Å²) in [7, 11) is 0. The second-order valence-corrected chi connectivity index (χ2v) is 38.6. The Kier molecular flexibility index (Phi) is 14.9. The molecule has 0 amide bonds. The van der Waals surface area contributed by atoms with Crippen molar-refractivity contribution in [2.75, 3.05) is 0 Å². The van der Waals surface area contributed by atoms with E-state index in [-0.39, 0.29) is 0 Å². The van der Waals surface area contributed by atoms with Crippen LogP contribution in [0.1, 0.15) is 89.0 Å². The van der Waals surface area contributed by atoms with Crippen molar-refractivity contribution in [2.24, 2.45) is 0 Å². The Morgan fingerprint density at radius 3 is 0.879 bits per heavy atom. The van der Waals surface area contributed by atoms with E-state index in [1.165, 1.54) is 195 Å². The highest BCUT2D eigenvalue weighted by Crippen LogP contribution is 2.57. The molecule has 28 aromatic rings. The highest BCUT2D eigenvalue weighted by atomic mass is 15.1. The Balaban J connectivity index is 0.0000000829. The Bertz CT molecular complexity index is 9460. The van der Waals surface area contributed by atoms with Crippen molar-refractivity contribution in [1.82, 2.24) is 77.4 Å². The lowest BCUT2D eigenvalue weighted by atomic mass is 9.95. The van der Waals surface area contributed by atoms with Gasteiger partial charge in [-0.2, -0.15) is 0 Å². The molecule has 0 spiro atoms. The van der Waals surface area contributed by atoms with Crippen LogP contribution in [0, 0.1) is 0 Å².